The van der Waals surface area contributed by atoms with Crippen LogP contribution in [-0.4, -0.2) is 22.8 Å². The average Bonchev–Trinajstić information content (AvgIpc) is 2.82. The summed E-state index contributed by atoms with van der Waals surface area (Å²) in [5.74, 6) is -0.176. The SMILES string of the molecule is COc1ccc(-c2c(NC(=O)c3ccc(F)cc3)n(-c3ccc(Cl)cc3)nc(C)c2=O)cc1. The summed E-state index contributed by atoms with van der Waals surface area (Å²) in [7, 11) is 1.55. The van der Waals surface area contributed by atoms with Crippen LogP contribution in [0.25, 0.3) is 16.8 Å². The van der Waals surface area contributed by atoms with Crippen molar-refractivity contribution in [3.05, 3.63) is 105 Å². The smallest absolute Gasteiger partial charge is 0.256 e. The zero-order valence-corrected chi connectivity index (χ0v) is 18.6. The summed E-state index contributed by atoms with van der Waals surface area (Å²) in [6, 6.07) is 18.9. The van der Waals surface area contributed by atoms with Crippen LogP contribution in [0.4, 0.5) is 10.2 Å². The van der Waals surface area contributed by atoms with Crippen molar-refractivity contribution >= 4 is 23.3 Å². The third kappa shape index (κ3) is 4.63. The molecule has 0 bridgehead atoms. The molecule has 0 aliphatic carbocycles. The van der Waals surface area contributed by atoms with Gasteiger partial charge in [-0.1, -0.05) is 23.7 Å². The molecule has 0 atom stereocenters. The minimum atomic E-state index is -0.516. The van der Waals surface area contributed by atoms with Gasteiger partial charge in [-0.15, -0.1) is 0 Å². The van der Waals surface area contributed by atoms with E-state index in [-0.39, 0.29) is 28.1 Å². The maximum Gasteiger partial charge on any atom is 0.256 e. The number of halogens is 2. The molecule has 1 aromatic heterocycles. The summed E-state index contributed by atoms with van der Waals surface area (Å²) in [5.41, 5.74) is 1.56. The molecule has 1 heterocycles. The minimum Gasteiger partial charge on any atom is -0.497 e. The van der Waals surface area contributed by atoms with Crippen molar-refractivity contribution in [3.63, 3.8) is 0 Å². The molecule has 0 aliphatic heterocycles. The van der Waals surface area contributed by atoms with E-state index in [1.165, 1.54) is 28.9 Å². The van der Waals surface area contributed by atoms with Crippen molar-refractivity contribution in [2.75, 3.05) is 12.4 Å². The fraction of sp³-hybridized carbons (Fsp3) is 0.0800. The van der Waals surface area contributed by atoms with Crippen LogP contribution in [0.2, 0.25) is 5.02 Å². The monoisotopic (exact) mass is 463 g/mol. The Morgan fingerprint density at radius 3 is 2.24 bits per heavy atom. The number of ether oxygens (including phenoxy) is 1. The average molecular weight is 464 g/mol. The van der Waals surface area contributed by atoms with Crippen LogP contribution < -0.4 is 15.5 Å². The number of carbonyl (C=O) groups excluding carboxylic acids is 1. The molecule has 6 nitrogen and oxygen atoms in total. The highest BCUT2D eigenvalue weighted by Crippen LogP contribution is 2.29. The van der Waals surface area contributed by atoms with Gasteiger partial charge in [0.1, 0.15) is 23.1 Å². The zero-order chi connectivity index (χ0) is 23.5. The van der Waals surface area contributed by atoms with Crippen LogP contribution in [0.5, 0.6) is 5.75 Å². The number of nitrogens with zero attached hydrogens (tertiary/aromatic N) is 2. The number of anilines is 1. The maximum atomic E-state index is 13.3. The van der Waals surface area contributed by atoms with Crippen LogP contribution in [0.1, 0.15) is 16.1 Å². The maximum absolute atomic E-state index is 13.3. The summed E-state index contributed by atoms with van der Waals surface area (Å²) >= 11 is 6.04. The van der Waals surface area contributed by atoms with Crippen molar-refractivity contribution in [3.8, 4) is 22.6 Å². The summed E-state index contributed by atoms with van der Waals surface area (Å²) in [5, 5.41) is 7.74. The summed E-state index contributed by atoms with van der Waals surface area (Å²) in [6.07, 6.45) is 0. The third-order valence-corrected chi connectivity index (χ3v) is 5.29. The van der Waals surface area contributed by atoms with Gasteiger partial charge in [0.25, 0.3) is 5.91 Å². The first-order chi connectivity index (χ1) is 15.9. The second kappa shape index (κ2) is 9.26. The lowest BCUT2D eigenvalue weighted by atomic mass is 10.0. The normalized spacial score (nSPS) is 10.7. The molecule has 3 aromatic carbocycles. The highest BCUT2D eigenvalue weighted by Gasteiger charge is 2.21. The number of hydrogen-bond donors (Lipinski definition) is 1. The Labute approximate surface area is 194 Å². The van der Waals surface area contributed by atoms with E-state index in [2.05, 4.69) is 10.4 Å². The van der Waals surface area contributed by atoms with Crippen molar-refractivity contribution < 1.29 is 13.9 Å². The van der Waals surface area contributed by atoms with Gasteiger partial charge in [0.15, 0.2) is 0 Å². The van der Waals surface area contributed by atoms with E-state index in [0.717, 1.165) is 0 Å². The molecular weight excluding hydrogens is 445 g/mol. The Bertz CT molecular complexity index is 1370. The van der Waals surface area contributed by atoms with Crippen LogP contribution in [0, 0.1) is 12.7 Å². The van der Waals surface area contributed by atoms with E-state index in [1.807, 2.05) is 0 Å². The lowest BCUT2D eigenvalue weighted by Crippen LogP contribution is -2.25. The minimum absolute atomic E-state index is 0.174. The Hall–Kier alpha value is -3.97. The lowest BCUT2D eigenvalue weighted by Gasteiger charge is -2.18. The number of aryl methyl sites for hydroxylation is 1. The Kier molecular flexibility index (Phi) is 6.24. The molecule has 8 heteroatoms. The van der Waals surface area contributed by atoms with E-state index >= 15 is 0 Å². The first-order valence-electron chi connectivity index (χ1n) is 9.98. The van der Waals surface area contributed by atoms with Gasteiger partial charge in [-0.05, 0) is 73.2 Å². The zero-order valence-electron chi connectivity index (χ0n) is 17.8. The van der Waals surface area contributed by atoms with Gasteiger partial charge < -0.3 is 10.1 Å². The molecular formula is C25H19ClFN3O3. The number of methoxy groups -OCH3 is 1. The number of amides is 1. The summed E-state index contributed by atoms with van der Waals surface area (Å²) in [4.78, 5) is 26.2. The Balaban J connectivity index is 1.93. The molecule has 0 aliphatic rings. The van der Waals surface area contributed by atoms with Crippen LogP contribution in [0.3, 0.4) is 0 Å². The Morgan fingerprint density at radius 2 is 1.64 bits per heavy atom. The largest absolute Gasteiger partial charge is 0.497 e. The van der Waals surface area contributed by atoms with E-state index in [0.29, 0.717) is 22.0 Å². The predicted molar refractivity (Wildman–Crippen MR) is 126 cm³/mol. The standard InChI is InChI=1S/C25H19ClFN3O3/c1-15-23(31)22(16-5-13-21(33-2)14-6-16)24(28-25(32)17-3-9-19(27)10-4-17)30(29-15)20-11-7-18(26)8-12-20/h3-14H,1-2H3,(H,28,32). The predicted octanol–water partition coefficient (Wildman–Crippen LogP) is 5.26. The van der Waals surface area contributed by atoms with Gasteiger partial charge in [0.05, 0.1) is 18.4 Å². The third-order valence-electron chi connectivity index (χ3n) is 5.04. The number of rotatable bonds is 5. The first kappa shape index (κ1) is 22.2. The molecule has 0 radical (unpaired) electrons. The number of carbonyl (C=O) groups is 1. The molecule has 1 N–H and O–H groups in total. The first-order valence-corrected chi connectivity index (χ1v) is 10.4. The topological polar surface area (TPSA) is 73.2 Å². The van der Waals surface area contributed by atoms with E-state index in [1.54, 1.807) is 62.6 Å². The van der Waals surface area contributed by atoms with E-state index in [9.17, 15) is 14.0 Å². The quantitative estimate of drug-likeness (QED) is 0.438. The summed E-state index contributed by atoms with van der Waals surface area (Å²) < 4.78 is 20.0. The lowest BCUT2D eigenvalue weighted by molar-refractivity contribution is 0.102. The number of benzene rings is 3. The van der Waals surface area contributed by atoms with Crippen LogP contribution in [0.15, 0.2) is 77.6 Å². The van der Waals surface area contributed by atoms with Crippen molar-refractivity contribution in [2.45, 2.75) is 6.92 Å². The van der Waals surface area contributed by atoms with Gasteiger partial charge >= 0.3 is 0 Å². The second-order valence-electron chi connectivity index (χ2n) is 7.22. The second-order valence-corrected chi connectivity index (χ2v) is 7.65. The van der Waals surface area contributed by atoms with Gasteiger partial charge in [-0.3, -0.25) is 9.59 Å². The highest BCUT2D eigenvalue weighted by atomic mass is 35.5. The van der Waals surface area contributed by atoms with Crippen LogP contribution >= 0.6 is 11.6 Å². The van der Waals surface area contributed by atoms with Crippen LogP contribution in [-0.2, 0) is 0 Å². The molecule has 4 rings (SSSR count). The fourth-order valence-electron chi connectivity index (χ4n) is 3.33. The molecule has 0 spiro atoms. The van der Waals surface area contributed by atoms with E-state index in [4.69, 9.17) is 16.3 Å². The van der Waals surface area contributed by atoms with Gasteiger partial charge in [0.2, 0.25) is 5.43 Å². The molecule has 0 saturated heterocycles. The van der Waals surface area contributed by atoms with Crippen molar-refractivity contribution in [1.29, 1.82) is 0 Å². The molecule has 0 unspecified atom stereocenters. The summed E-state index contributed by atoms with van der Waals surface area (Å²) in [6.45, 7) is 1.60. The van der Waals surface area contributed by atoms with Gasteiger partial charge in [-0.25, -0.2) is 9.07 Å². The Morgan fingerprint density at radius 1 is 1.00 bits per heavy atom. The highest BCUT2D eigenvalue weighted by molar-refractivity contribution is 6.30. The van der Waals surface area contributed by atoms with Gasteiger partial charge in [0, 0.05) is 10.6 Å². The van der Waals surface area contributed by atoms with E-state index < -0.39 is 11.7 Å². The molecule has 166 valence electrons. The number of aromatic nitrogens is 2. The van der Waals surface area contributed by atoms with Crippen molar-refractivity contribution in [2.24, 2.45) is 0 Å². The number of hydrogen-bond acceptors (Lipinski definition) is 4. The molecule has 0 fully saturated rings. The molecule has 4 aromatic rings. The molecule has 1 amide bonds. The van der Waals surface area contributed by atoms with Crippen molar-refractivity contribution in [1.82, 2.24) is 9.78 Å². The molecule has 33 heavy (non-hydrogen) atoms. The number of nitrogens with one attached hydrogen (secondary N) is 1. The fourth-order valence-corrected chi connectivity index (χ4v) is 3.46. The van der Waals surface area contributed by atoms with Gasteiger partial charge in [-0.2, -0.15) is 5.10 Å². The molecule has 0 saturated carbocycles.